The molecule has 5 nitrogen and oxygen atoms in total. The maximum atomic E-state index is 4.60. The van der Waals surface area contributed by atoms with E-state index in [-0.39, 0.29) is 0 Å². The van der Waals surface area contributed by atoms with Crippen molar-refractivity contribution >= 4 is 35.7 Å². The fraction of sp³-hybridized carbons (Fsp3) is 0.321. The number of hydrogen-bond donors (Lipinski definition) is 0. The highest BCUT2D eigenvalue weighted by Gasteiger charge is 2.03. The Morgan fingerprint density at radius 2 is 0.909 bits per heavy atom. The molecule has 1 heterocycles. The van der Waals surface area contributed by atoms with Crippen LogP contribution in [0.15, 0.2) is 48.5 Å². The number of nitrogens with zero attached hydrogens (tertiary/aromatic N) is 5. The van der Waals surface area contributed by atoms with Crippen LogP contribution in [0, 0.1) is 6.92 Å². The van der Waals surface area contributed by atoms with Crippen LogP contribution in [-0.2, 0) is 0 Å². The molecule has 0 aliphatic carbocycles. The average Bonchev–Trinajstić information content (AvgIpc) is 2.84. The van der Waals surface area contributed by atoms with Gasteiger partial charge >= 0.3 is 0 Å². The number of aryl methyl sites for hydroxylation is 1. The molecule has 172 valence electrons. The maximum absolute atomic E-state index is 4.60. The summed E-state index contributed by atoms with van der Waals surface area (Å²) in [7, 11) is 0. The monoisotopic (exact) mass is 441 g/mol. The average molecular weight is 442 g/mol. The van der Waals surface area contributed by atoms with Crippen LogP contribution in [-0.4, -0.2) is 41.1 Å². The van der Waals surface area contributed by atoms with E-state index in [0.29, 0.717) is 17.5 Å². The Morgan fingerprint density at radius 1 is 0.545 bits per heavy atom. The van der Waals surface area contributed by atoms with E-state index in [2.05, 4.69) is 101 Å². The van der Waals surface area contributed by atoms with Crippen molar-refractivity contribution in [3.05, 3.63) is 77.1 Å². The summed E-state index contributed by atoms with van der Waals surface area (Å²) < 4.78 is 0. The van der Waals surface area contributed by atoms with Gasteiger partial charge in [-0.2, -0.15) is 0 Å². The third-order valence-electron chi connectivity index (χ3n) is 5.67. The maximum Gasteiger partial charge on any atom is 0.156 e. The van der Waals surface area contributed by atoms with Gasteiger partial charge in [-0.25, -0.2) is 15.0 Å². The number of anilines is 2. The molecule has 0 radical (unpaired) electrons. The van der Waals surface area contributed by atoms with Gasteiger partial charge in [-0.1, -0.05) is 36.4 Å². The van der Waals surface area contributed by atoms with Crippen molar-refractivity contribution in [2.45, 2.75) is 34.6 Å². The quantitative estimate of drug-likeness (QED) is 0.374. The van der Waals surface area contributed by atoms with Gasteiger partial charge in [-0.15, -0.1) is 0 Å². The van der Waals surface area contributed by atoms with Crippen LogP contribution >= 0.6 is 0 Å². The second kappa shape index (κ2) is 12.0. The molecular formula is C28H35N5. The van der Waals surface area contributed by atoms with Crippen LogP contribution in [0.5, 0.6) is 0 Å². The summed E-state index contributed by atoms with van der Waals surface area (Å²) in [6.07, 6.45) is 7.97. The third kappa shape index (κ3) is 6.75. The highest BCUT2D eigenvalue weighted by molar-refractivity contribution is 5.70. The molecule has 0 bridgehead atoms. The molecule has 1 aromatic heterocycles. The van der Waals surface area contributed by atoms with Gasteiger partial charge in [0, 0.05) is 37.6 Å². The van der Waals surface area contributed by atoms with Crippen molar-refractivity contribution < 1.29 is 0 Å². The van der Waals surface area contributed by atoms with Crippen molar-refractivity contribution in [2.24, 2.45) is 0 Å². The summed E-state index contributed by atoms with van der Waals surface area (Å²) in [4.78, 5) is 18.2. The summed E-state index contributed by atoms with van der Waals surface area (Å²) in [5, 5.41) is 0. The molecule has 0 amide bonds. The van der Waals surface area contributed by atoms with Gasteiger partial charge in [0.2, 0.25) is 0 Å². The van der Waals surface area contributed by atoms with Crippen LogP contribution in [0.2, 0.25) is 0 Å². The first-order valence-corrected chi connectivity index (χ1v) is 11.8. The molecule has 0 atom stereocenters. The van der Waals surface area contributed by atoms with Crippen LogP contribution < -0.4 is 9.80 Å². The SMILES string of the molecule is CCN(CC)c1ccc(/C=C/c2nc(C)nc(/C=C/c3ccc(N(CC)CC)cc3)n2)cc1. The minimum Gasteiger partial charge on any atom is -0.372 e. The molecule has 2 aromatic carbocycles. The zero-order valence-corrected chi connectivity index (χ0v) is 20.5. The number of hydrogen-bond acceptors (Lipinski definition) is 5. The first-order chi connectivity index (χ1) is 16.1. The summed E-state index contributed by atoms with van der Waals surface area (Å²) in [5.41, 5.74) is 4.72. The second-order valence-corrected chi connectivity index (χ2v) is 7.79. The lowest BCUT2D eigenvalue weighted by molar-refractivity contribution is 0.866. The van der Waals surface area contributed by atoms with Crippen molar-refractivity contribution in [2.75, 3.05) is 36.0 Å². The van der Waals surface area contributed by atoms with E-state index in [0.717, 1.165) is 37.3 Å². The molecule has 33 heavy (non-hydrogen) atoms. The molecule has 3 aromatic rings. The lowest BCUT2D eigenvalue weighted by Gasteiger charge is -2.20. The Kier molecular flexibility index (Phi) is 8.76. The van der Waals surface area contributed by atoms with Crippen molar-refractivity contribution in [3.63, 3.8) is 0 Å². The van der Waals surface area contributed by atoms with Crippen LogP contribution in [0.4, 0.5) is 11.4 Å². The first-order valence-electron chi connectivity index (χ1n) is 11.8. The minimum atomic E-state index is 0.659. The van der Waals surface area contributed by atoms with Crippen LogP contribution in [0.25, 0.3) is 24.3 Å². The van der Waals surface area contributed by atoms with Crippen LogP contribution in [0.1, 0.15) is 56.3 Å². The van der Waals surface area contributed by atoms with E-state index in [4.69, 9.17) is 0 Å². The normalized spacial score (nSPS) is 11.4. The van der Waals surface area contributed by atoms with Crippen molar-refractivity contribution in [3.8, 4) is 0 Å². The van der Waals surface area contributed by atoms with Gasteiger partial charge in [0.25, 0.3) is 0 Å². The lowest BCUT2D eigenvalue weighted by Crippen LogP contribution is -2.21. The van der Waals surface area contributed by atoms with E-state index in [1.165, 1.54) is 11.4 Å². The summed E-state index contributed by atoms with van der Waals surface area (Å²) >= 11 is 0. The predicted molar refractivity (Wildman–Crippen MR) is 142 cm³/mol. The van der Waals surface area contributed by atoms with E-state index in [1.54, 1.807) is 0 Å². The molecule has 0 saturated heterocycles. The predicted octanol–water partition coefficient (Wildman–Crippen LogP) is 6.21. The lowest BCUT2D eigenvalue weighted by atomic mass is 10.1. The fourth-order valence-electron chi connectivity index (χ4n) is 3.78. The summed E-state index contributed by atoms with van der Waals surface area (Å²) in [5.74, 6) is 2.02. The Bertz CT molecular complexity index is 977. The summed E-state index contributed by atoms with van der Waals surface area (Å²) in [6.45, 7) is 14.6. The molecule has 5 heteroatoms. The highest BCUT2D eigenvalue weighted by Crippen LogP contribution is 2.17. The van der Waals surface area contributed by atoms with Gasteiger partial charge in [0.1, 0.15) is 5.82 Å². The van der Waals surface area contributed by atoms with Gasteiger partial charge in [0.15, 0.2) is 11.6 Å². The molecule has 0 aliphatic heterocycles. The van der Waals surface area contributed by atoms with Gasteiger partial charge in [0.05, 0.1) is 0 Å². The third-order valence-corrected chi connectivity index (χ3v) is 5.67. The second-order valence-electron chi connectivity index (χ2n) is 7.79. The van der Waals surface area contributed by atoms with Gasteiger partial charge in [-0.3, -0.25) is 0 Å². The zero-order valence-electron chi connectivity index (χ0n) is 20.5. The molecule has 0 aliphatic rings. The minimum absolute atomic E-state index is 0.659. The Hall–Kier alpha value is -3.47. The first kappa shape index (κ1) is 24.2. The van der Waals surface area contributed by atoms with E-state index < -0.39 is 0 Å². The molecule has 3 rings (SSSR count). The molecular weight excluding hydrogens is 406 g/mol. The largest absolute Gasteiger partial charge is 0.372 e. The molecule has 0 unspecified atom stereocenters. The Morgan fingerprint density at radius 3 is 1.24 bits per heavy atom. The zero-order chi connectivity index (χ0) is 23.6. The number of aromatic nitrogens is 3. The standard InChI is InChI=1S/C28H35N5/c1-6-32(7-2)25-16-10-23(11-17-25)14-20-27-29-22(5)30-28(31-27)21-15-24-12-18-26(19-13-24)33(8-3)9-4/h10-21H,6-9H2,1-5H3/b20-14+,21-15+. The van der Waals surface area contributed by atoms with Crippen molar-refractivity contribution in [1.29, 1.82) is 0 Å². The molecule has 0 N–H and O–H groups in total. The Labute approximate surface area is 198 Å². The fourth-order valence-corrected chi connectivity index (χ4v) is 3.78. The highest BCUT2D eigenvalue weighted by atomic mass is 15.1. The van der Waals surface area contributed by atoms with Gasteiger partial charge < -0.3 is 9.80 Å². The topological polar surface area (TPSA) is 45.2 Å². The molecule has 0 fully saturated rings. The molecule has 0 saturated carbocycles. The van der Waals surface area contributed by atoms with E-state index in [9.17, 15) is 0 Å². The van der Waals surface area contributed by atoms with E-state index >= 15 is 0 Å². The Balaban J connectivity index is 1.71. The van der Waals surface area contributed by atoms with Crippen LogP contribution in [0.3, 0.4) is 0 Å². The van der Waals surface area contributed by atoms with Crippen molar-refractivity contribution in [1.82, 2.24) is 15.0 Å². The van der Waals surface area contributed by atoms with Gasteiger partial charge in [-0.05, 0) is 82.2 Å². The molecule has 0 spiro atoms. The smallest absolute Gasteiger partial charge is 0.156 e. The number of rotatable bonds is 10. The summed E-state index contributed by atoms with van der Waals surface area (Å²) in [6, 6.07) is 17.1. The van der Waals surface area contributed by atoms with E-state index in [1.807, 2.05) is 31.2 Å². The number of benzene rings is 2.